The Morgan fingerprint density at radius 2 is 1.89 bits per heavy atom. The number of fused-ring (bicyclic) bond motifs is 3. The number of hydrogen-bond donors (Lipinski definition) is 0. The molecule has 5 aromatic rings. The summed E-state index contributed by atoms with van der Waals surface area (Å²) in [6.07, 6.45) is 3.66. The van der Waals surface area contributed by atoms with Gasteiger partial charge < -0.3 is 23.2 Å². The van der Waals surface area contributed by atoms with Crippen LogP contribution in [0.2, 0.25) is 0 Å². The van der Waals surface area contributed by atoms with E-state index >= 15 is 0 Å². The fraction of sp³-hybridized carbons (Fsp3) is 0.103. The van der Waals surface area contributed by atoms with Crippen LogP contribution in [-0.2, 0) is 7.05 Å². The summed E-state index contributed by atoms with van der Waals surface area (Å²) >= 11 is 3.41. The van der Waals surface area contributed by atoms with Crippen LogP contribution >= 0.6 is 15.9 Å². The lowest BCUT2D eigenvalue weighted by Gasteiger charge is -2.06. The molecule has 0 radical (unpaired) electrons. The third-order valence-electron chi connectivity index (χ3n) is 6.35. The van der Waals surface area contributed by atoms with Crippen LogP contribution in [-0.4, -0.2) is 23.4 Å². The molecule has 0 saturated heterocycles. The third-order valence-corrected chi connectivity index (χ3v) is 6.84. The number of nitrogens with zero attached hydrogens (tertiary/aromatic N) is 1. The number of ketones is 1. The smallest absolute Gasteiger partial charge is 0.379 e. The van der Waals surface area contributed by atoms with Gasteiger partial charge in [0, 0.05) is 45.6 Å². The zero-order valence-electron chi connectivity index (χ0n) is 20.1. The first-order chi connectivity index (χ1) is 17.8. The molecule has 0 bridgehead atoms. The van der Waals surface area contributed by atoms with Crippen LogP contribution in [0.1, 0.15) is 32.0 Å². The number of esters is 1. The Kier molecular flexibility index (Phi) is 5.42. The quantitative estimate of drug-likeness (QED) is 0.137. The highest BCUT2D eigenvalue weighted by Crippen LogP contribution is 2.39. The largest absolute Gasteiger partial charge is 0.497 e. The van der Waals surface area contributed by atoms with Gasteiger partial charge in [-0.1, -0.05) is 15.9 Å². The highest BCUT2D eigenvalue weighted by molar-refractivity contribution is 9.10. The number of allylic oxidation sites excluding steroid dienone is 1. The molecule has 0 unspecified atom stereocenters. The Labute approximate surface area is 220 Å². The summed E-state index contributed by atoms with van der Waals surface area (Å²) in [7, 11) is 3.55. The summed E-state index contributed by atoms with van der Waals surface area (Å²) in [5, 5.41) is 1.71. The van der Waals surface area contributed by atoms with Gasteiger partial charge in [0.05, 0.1) is 12.7 Å². The first-order valence-electron chi connectivity index (χ1n) is 11.4. The van der Waals surface area contributed by atoms with E-state index in [1.165, 1.54) is 0 Å². The summed E-state index contributed by atoms with van der Waals surface area (Å²) in [4.78, 5) is 26.0. The molecule has 0 N–H and O–H groups in total. The van der Waals surface area contributed by atoms with Gasteiger partial charge in [-0.15, -0.1) is 0 Å². The number of aromatic nitrogens is 1. The maximum absolute atomic E-state index is 13.2. The van der Waals surface area contributed by atoms with Crippen LogP contribution in [0, 0.1) is 6.92 Å². The fourth-order valence-corrected chi connectivity index (χ4v) is 4.97. The van der Waals surface area contributed by atoms with Crippen LogP contribution in [0.15, 0.2) is 75.4 Å². The van der Waals surface area contributed by atoms with E-state index in [4.69, 9.17) is 18.6 Å². The van der Waals surface area contributed by atoms with Gasteiger partial charge in [0.25, 0.3) is 0 Å². The van der Waals surface area contributed by atoms with Crippen LogP contribution in [0.25, 0.3) is 27.9 Å². The number of ether oxygens (including phenoxy) is 3. The maximum Gasteiger partial charge on any atom is 0.379 e. The molecule has 0 atom stereocenters. The van der Waals surface area contributed by atoms with Crippen LogP contribution in [0.4, 0.5) is 0 Å². The zero-order chi connectivity index (χ0) is 25.8. The number of benzene rings is 3. The van der Waals surface area contributed by atoms with Crippen molar-refractivity contribution in [3.05, 3.63) is 93.5 Å². The standard InChI is InChI=1S/C29H20BrNO6/c1-15-8-20(35-29(33)26-10-16-9-18(30)4-7-23(16)36-26)13-24-27(15)28(32)25(37-24)11-17-14-31(2)22-6-5-19(34-3)12-21(17)22/h4-14H,1-3H3/b25-11-. The van der Waals surface area contributed by atoms with Gasteiger partial charge in [0.2, 0.25) is 11.5 Å². The Bertz CT molecular complexity index is 1790. The first-order valence-corrected chi connectivity index (χ1v) is 12.2. The van der Waals surface area contributed by atoms with Crippen molar-refractivity contribution in [3.63, 3.8) is 0 Å². The molecule has 0 amide bonds. The fourth-order valence-electron chi connectivity index (χ4n) is 4.59. The molecule has 0 fully saturated rings. The number of methoxy groups -OCH3 is 1. The summed E-state index contributed by atoms with van der Waals surface area (Å²) in [5.74, 6) is 0.719. The third kappa shape index (κ3) is 3.99. The molecule has 0 saturated carbocycles. The average molecular weight is 558 g/mol. The number of Topliss-reactive ketones (excluding diaryl/α,β-unsaturated/α-hetero) is 1. The monoisotopic (exact) mass is 557 g/mol. The topological polar surface area (TPSA) is 79.9 Å². The minimum Gasteiger partial charge on any atom is -0.497 e. The molecule has 7 nitrogen and oxygen atoms in total. The second-order valence-electron chi connectivity index (χ2n) is 8.81. The van der Waals surface area contributed by atoms with E-state index < -0.39 is 5.97 Å². The van der Waals surface area contributed by atoms with Crippen molar-refractivity contribution < 1.29 is 28.2 Å². The number of carbonyl (C=O) groups excluding carboxylic acids is 2. The molecule has 1 aliphatic rings. The lowest BCUT2D eigenvalue weighted by molar-refractivity contribution is 0.0703. The predicted octanol–water partition coefficient (Wildman–Crippen LogP) is 6.84. The van der Waals surface area contributed by atoms with Gasteiger partial charge in [0.1, 0.15) is 22.8 Å². The van der Waals surface area contributed by atoms with E-state index in [-0.39, 0.29) is 23.1 Å². The predicted molar refractivity (Wildman–Crippen MR) is 142 cm³/mol. The Hall–Kier alpha value is -4.30. The number of rotatable bonds is 4. The molecule has 2 aromatic heterocycles. The Morgan fingerprint density at radius 3 is 2.70 bits per heavy atom. The van der Waals surface area contributed by atoms with E-state index in [9.17, 15) is 9.59 Å². The van der Waals surface area contributed by atoms with Gasteiger partial charge in [-0.3, -0.25) is 4.79 Å². The lowest BCUT2D eigenvalue weighted by atomic mass is 10.0. The summed E-state index contributed by atoms with van der Waals surface area (Å²) < 4.78 is 25.4. The molecule has 37 heavy (non-hydrogen) atoms. The zero-order valence-corrected chi connectivity index (χ0v) is 21.7. The summed E-state index contributed by atoms with van der Waals surface area (Å²) in [6.45, 7) is 1.78. The number of halogens is 1. The van der Waals surface area contributed by atoms with Crippen molar-refractivity contribution in [2.75, 3.05) is 7.11 Å². The molecular weight excluding hydrogens is 538 g/mol. The van der Waals surface area contributed by atoms with Crippen LogP contribution < -0.4 is 14.2 Å². The van der Waals surface area contributed by atoms with Crippen LogP contribution in [0.5, 0.6) is 17.2 Å². The molecule has 3 aromatic carbocycles. The number of carbonyl (C=O) groups is 2. The van der Waals surface area contributed by atoms with Crippen molar-refractivity contribution in [2.45, 2.75) is 6.92 Å². The van der Waals surface area contributed by atoms with E-state index in [1.807, 2.05) is 48.1 Å². The van der Waals surface area contributed by atoms with Crippen LogP contribution in [0.3, 0.4) is 0 Å². The number of aryl methyl sites for hydroxylation is 2. The van der Waals surface area contributed by atoms with Gasteiger partial charge in [-0.25, -0.2) is 4.79 Å². The van der Waals surface area contributed by atoms with Crippen molar-refractivity contribution in [2.24, 2.45) is 7.05 Å². The summed E-state index contributed by atoms with van der Waals surface area (Å²) in [6, 6.07) is 16.1. The normalized spacial score (nSPS) is 13.8. The molecular formula is C29H20BrNO6. The van der Waals surface area contributed by atoms with E-state index in [0.717, 1.165) is 32.1 Å². The first kappa shape index (κ1) is 23.1. The Balaban J connectivity index is 1.30. The van der Waals surface area contributed by atoms with Gasteiger partial charge in [-0.05, 0) is 67.1 Å². The molecule has 3 heterocycles. The molecule has 0 spiro atoms. The second-order valence-corrected chi connectivity index (χ2v) is 9.73. The Morgan fingerprint density at radius 1 is 1.05 bits per heavy atom. The number of hydrogen-bond acceptors (Lipinski definition) is 6. The van der Waals surface area contributed by atoms with E-state index in [0.29, 0.717) is 22.5 Å². The van der Waals surface area contributed by atoms with E-state index in [1.54, 1.807) is 44.4 Å². The molecule has 0 aliphatic carbocycles. The molecule has 8 heteroatoms. The average Bonchev–Trinajstić information content (AvgIpc) is 3.52. The van der Waals surface area contributed by atoms with Crippen molar-refractivity contribution in [1.82, 2.24) is 4.57 Å². The van der Waals surface area contributed by atoms with Gasteiger partial charge in [0.15, 0.2) is 5.76 Å². The van der Waals surface area contributed by atoms with E-state index in [2.05, 4.69) is 15.9 Å². The van der Waals surface area contributed by atoms with Gasteiger partial charge >= 0.3 is 5.97 Å². The lowest BCUT2D eigenvalue weighted by Crippen LogP contribution is -2.07. The molecule has 6 rings (SSSR count). The molecule has 1 aliphatic heterocycles. The second kappa shape index (κ2) is 8.67. The summed E-state index contributed by atoms with van der Waals surface area (Å²) in [5.41, 5.74) is 3.49. The molecule has 184 valence electrons. The SMILES string of the molecule is COc1ccc2c(c1)c(/C=C1\Oc3cc(OC(=O)c4cc5cc(Br)ccc5o4)cc(C)c3C1=O)cn2C. The minimum absolute atomic E-state index is 0.0789. The number of furan rings is 1. The van der Waals surface area contributed by atoms with Gasteiger partial charge in [-0.2, -0.15) is 0 Å². The maximum atomic E-state index is 13.2. The van der Waals surface area contributed by atoms with Crippen molar-refractivity contribution in [1.29, 1.82) is 0 Å². The highest BCUT2D eigenvalue weighted by Gasteiger charge is 2.31. The minimum atomic E-state index is -0.642. The highest BCUT2D eigenvalue weighted by atomic mass is 79.9. The van der Waals surface area contributed by atoms with Crippen molar-refractivity contribution in [3.8, 4) is 17.2 Å². The van der Waals surface area contributed by atoms with Crippen molar-refractivity contribution >= 4 is 55.6 Å².